The molecule has 0 aromatic heterocycles. The van der Waals surface area contributed by atoms with Gasteiger partial charge in [0.2, 0.25) is 0 Å². The maximum atomic E-state index is 6.67. The van der Waals surface area contributed by atoms with Crippen LogP contribution in [0.1, 0.15) is 187 Å². The average molecular weight is 642 g/mol. The molecular formula is C43H79NO2. The van der Waals surface area contributed by atoms with Gasteiger partial charge in [-0.25, -0.2) is 0 Å². The molecule has 0 radical (unpaired) electrons. The summed E-state index contributed by atoms with van der Waals surface area (Å²) < 4.78 is 13.1. The minimum Gasteiger partial charge on any atom is -0.347 e. The first-order valence-electron chi connectivity index (χ1n) is 20.2. The van der Waals surface area contributed by atoms with Crippen molar-refractivity contribution in [3.63, 3.8) is 0 Å². The lowest BCUT2D eigenvalue weighted by Gasteiger charge is -2.29. The molecule has 0 spiro atoms. The van der Waals surface area contributed by atoms with Crippen LogP contribution in [-0.4, -0.2) is 44.0 Å². The zero-order valence-electron chi connectivity index (χ0n) is 31.5. The van der Waals surface area contributed by atoms with Crippen molar-refractivity contribution in [2.75, 3.05) is 27.2 Å². The van der Waals surface area contributed by atoms with Gasteiger partial charge in [-0.2, -0.15) is 0 Å². The molecule has 3 heteroatoms. The van der Waals surface area contributed by atoms with Crippen LogP contribution >= 0.6 is 0 Å². The SMILES string of the molecule is CCCCC/C=C/C/C=C/CCCCCCCCC1(CCCCCCCC/C=C/C/C=C/CCCCC)OCC(CCN(C)C)O1. The van der Waals surface area contributed by atoms with Gasteiger partial charge in [-0.15, -0.1) is 0 Å². The fraction of sp³-hybridized carbons (Fsp3) is 0.814. The van der Waals surface area contributed by atoms with Gasteiger partial charge in [0.05, 0.1) is 12.7 Å². The molecule has 46 heavy (non-hydrogen) atoms. The third-order valence-electron chi connectivity index (χ3n) is 9.33. The molecule has 0 saturated carbocycles. The molecule has 1 rings (SSSR count). The van der Waals surface area contributed by atoms with E-state index in [4.69, 9.17) is 9.47 Å². The molecule has 0 bridgehead atoms. The van der Waals surface area contributed by atoms with Crippen LogP contribution in [0.15, 0.2) is 48.6 Å². The van der Waals surface area contributed by atoms with Crippen LogP contribution in [-0.2, 0) is 9.47 Å². The van der Waals surface area contributed by atoms with Crippen molar-refractivity contribution in [1.82, 2.24) is 4.90 Å². The Bertz CT molecular complexity index is 704. The highest BCUT2D eigenvalue weighted by molar-refractivity contribution is 4.93. The number of hydrogen-bond donors (Lipinski definition) is 0. The normalized spacial score (nSPS) is 16.9. The third kappa shape index (κ3) is 26.9. The second-order valence-corrected chi connectivity index (χ2v) is 14.2. The maximum absolute atomic E-state index is 6.67. The van der Waals surface area contributed by atoms with Crippen molar-refractivity contribution in [3.05, 3.63) is 48.6 Å². The molecule has 268 valence electrons. The van der Waals surface area contributed by atoms with E-state index in [-0.39, 0.29) is 11.9 Å². The smallest absolute Gasteiger partial charge is 0.168 e. The lowest BCUT2D eigenvalue weighted by Crippen LogP contribution is -2.31. The van der Waals surface area contributed by atoms with Gasteiger partial charge in [0.25, 0.3) is 0 Å². The van der Waals surface area contributed by atoms with E-state index in [1.807, 2.05) is 0 Å². The van der Waals surface area contributed by atoms with Gasteiger partial charge in [-0.1, -0.05) is 140 Å². The zero-order chi connectivity index (χ0) is 33.2. The van der Waals surface area contributed by atoms with E-state index < -0.39 is 0 Å². The molecule has 1 fully saturated rings. The Morgan fingerprint density at radius 2 is 0.913 bits per heavy atom. The molecule has 1 saturated heterocycles. The standard InChI is InChI=1S/C43H79NO2/c1-5-7-9-11-13-15-17-19-21-23-25-27-29-31-33-35-38-43(45-41-42(46-43)37-40-44(3)4)39-36-34-32-30-28-26-24-22-20-18-16-14-12-10-8-6-2/h13-16,19-22,42H,5-12,17-18,23-41H2,1-4H3/b15-13+,16-14+,21-19+,22-20+. The maximum Gasteiger partial charge on any atom is 0.168 e. The van der Waals surface area contributed by atoms with E-state index in [1.165, 1.54) is 141 Å². The van der Waals surface area contributed by atoms with Crippen molar-refractivity contribution < 1.29 is 9.47 Å². The Morgan fingerprint density at radius 3 is 1.33 bits per heavy atom. The van der Waals surface area contributed by atoms with E-state index in [9.17, 15) is 0 Å². The van der Waals surface area contributed by atoms with E-state index >= 15 is 0 Å². The molecule has 0 aromatic carbocycles. The monoisotopic (exact) mass is 642 g/mol. The Hall–Kier alpha value is -1.16. The van der Waals surface area contributed by atoms with Crippen LogP contribution in [0, 0.1) is 0 Å². The van der Waals surface area contributed by atoms with Crippen LogP contribution in [0.4, 0.5) is 0 Å². The Kier molecular flexibility index (Phi) is 30.2. The van der Waals surface area contributed by atoms with Gasteiger partial charge in [-0.3, -0.25) is 0 Å². The summed E-state index contributed by atoms with van der Waals surface area (Å²) >= 11 is 0. The second-order valence-electron chi connectivity index (χ2n) is 14.2. The van der Waals surface area contributed by atoms with Crippen LogP contribution in [0.3, 0.4) is 0 Å². The van der Waals surface area contributed by atoms with Crippen LogP contribution < -0.4 is 0 Å². The molecule has 0 amide bonds. The van der Waals surface area contributed by atoms with Crippen LogP contribution in [0.25, 0.3) is 0 Å². The topological polar surface area (TPSA) is 21.7 Å². The first kappa shape index (κ1) is 42.9. The molecule has 0 aromatic rings. The molecule has 3 nitrogen and oxygen atoms in total. The van der Waals surface area contributed by atoms with E-state index in [0.717, 1.165) is 45.3 Å². The summed E-state index contributed by atoms with van der Waals surface area (Å²) in [4.78, 5) is 2.26. The van der Waals surface area contributed by atoms with Gasteiger partial charge in [0.1, 0.15) is 0 Å². The van der Waals surface area contributed by atoms with Crippen molar-refractivity contribution in [2.45, 2.75) is 199 Å². The zero-order valence-corrected chi connectivity index (χ0v) is 31.5. The lowest BCUT2D eigenvalue weighted by molar-refractivity contribution is -0.180. The molecule has 1 unspecified atom stereocenters. The Morgan fingerprint density at radius 1 is 0.522 bits per heavy atom. The highest BCUT2D eigenvalue weighted by atomic mass is 16.7. The van der Waals surface area contributed by atoms with Gasteiger partial charge < -0.3 is 14.4 Å². The van der Waals surface area contributed by atoms with E-state index in [1.54, 1.807) is 0 Å². The second kappa shape index (κ2) is 32.4. The highest BCUT2D eigenvalue weighted by Crippen LogP contribution is 2.35. The van der Waals surface area contributed by atoms with Gasteiger partial charge in [0.15, 0.2) is 5.79 Å². The summed E-state index contributed by atoms with van der Waals surface area (Å²) in [6, 6.07) is 0. The fourth-order valence-corrected chi connectivity index (χ4v) is 6.31. The van der Waals surface area contributed by atoms with Crippen molar-refractivity contribution in [1.29, 1.82) is 0 Å². The molecule has 1 atom stereocenters. The van der Waals surface area contributed by atoms with Crippen molar-refractivity contribution in [2.24, 2.45) is 0 Å². The largest absolute Gasteiger partial charge is 0.347 e. The number of allylic oxidation sites excluding steroid dienone is 8. The number of rotatable bonds is 33. The summed E-state index contributed by atoms with van der Waals surface area (Å²) in [5, 5.41) is 0. The first-order valence-corrected chi connectivity index (χ1v) is 20.2. The predicted octanol–water partition coefficient (Wildman–Crippen LogP) is 13.5. The minimum atomic E-state index is -0.318. The number of hydrogen-bond acceptors (Lipinski definition) is 3. The third-order valence-corrected chi connectivity index (χ3v) is 9.33. The van der Waals surface area contributed by atoms with Crippen molar-refractivity contribution in [3.8, 4) is 0 Å². The van der Waals surface area contributed by atoms with Gasteiger partial charge >= 0.3 is 0 Å². The highest BCUT2D eigenvalue weighted by Gasteiger charge is 2.40. The summed E-state index contributed by atoms with van der Waals surface area (Å²) in [7, 11) is 4.30. The molecule has 1 aliphatic rings. The number of ether oxygens (including phenoxy) is 2. The number of nitrogens with zero attached hydrogens (tertiary/aromatic N) is 1. The van der Waals surface area contributed by atoms with Gasteiger partial charge in [0, 0.05) is 19.4 Å². The molecule has 0 aliphatic carbocycles. The molecule has 1 heterocycles. The summed E-state index contributed by atoms with van der Waals surface area (Å²) in [6.45, 7) is 6.38. The molecule has 1 aliphatic heterocycles. The minimum absolute atomic E-state index is 0.261. The Labute approximate surface area is 288 Å². The van der Waals surface area contributed by atoms with Crippen LogP contribution in [0.2, 0.25) is 0 Å². The lowest BCUT2D eigenvalue weighted by atomic mass is 9.98. The van der Waals surface area contributed by atoms with E-state index in [0.29, 0.717) is 0 Å². The van der Waals surface area contributed by atoms with Crippen molar-refractivity contribution >= 4 is 0 Å². The molecular weight excluding hydrogens is 562 g/mol. The summed E-state index contributed by atoms with van der Waals surface area (Å²) in [5.74, 6) is -0.318. The first-order chi connectivity index (χ1) is 22.6. The van der Waals surface area contributed by atoms with Crippen LogP contribution in [0.5, 0.6) is 0 Å². The Balaban J connectivity index is 2.16. The number of unbranched alkanes of at least 4 members (excludes halogenated alkanes) is 18. The summed E-state index contributed by atoms with van der Waals surface area (Å²) in [5.41, 5.74) is 0. The molecule has 0 N–H and O–H groups in total. The average Bonchev–Trinajstić information content (AvgIpc) is 3.46. The summed E-state index contributed by atoms with van der Waals surface area (Å²) in [6.07, 6.45) is 53.3. The van der Waals surface area contributed by atoms with E-state index in [2.05, 4.69) is 81.5 Å². The fourth-order valence-electron chi connectivity index (χ4n) is 6.31. The quantitative estimate of drug-likeness (QED) is 0.0526. The van der Waals surface area contributed by atoms with Gasteiger partial charge in [-0.05, 0) is 97.6 Å². The predicted molar refractivity (Wildman–Crippen MR) is 205 cm³/mol.